The number of nitrogens with zero attached hydrogens (tertiary/aromatic N) is 2. The molecule has 0 radical (unpaired) electrons. The molecule has 37 heavy (non-hydrogen) atoms. The predicted octanol–water partition coefficient (Wildman–Crippen LogP) is 4.08. The molecule has 0 saturated heterocycles. The number of amides is 1. The average molecular weight is 525 g/mol. The van der Waals surface area contributed by atoms with Gasteiger partial charge in [0.25, 0.3) is 0 Å². The number of aliphatic imine (C=N–C) groups is 1. The number of aryl methyl sites for hydroxylation is 1. The van der Waals surface area contributed by atoms with Crippen LogP contribution in [0, 0.1) is 6.92 Å². The predicted molar refractivity (Wildman–Crippen MR) is 145 cm³/mol. The van der Waals surface area contributed by atoms with E-state index in [1.54, 1.807) is 36.7 Å². The van der Waals surface area contributed by atoms with Crippen LogP contribution in [0.3, 0.4) is 0 Å². The molecule has 0 bridgehead atoms. The second-order valence-corrected chi connectivity index (χ2v) is 11.6. The van der Waals surface area contributed by atoms with E-state index in [1.165, 1.54) is 19.4 Å². The maximum Gasteiger partial charge on any atom is 0.228 e. The van der Waals surface area contributed by atoms with Crippen LogP contribution >= 0.6 is 0 Å². The molecule has 0 aliphatic rings. The molecule has 0 spiro atoms. The molecule has 9 nitrogen and oxygen atoms in total. The van der Waals surface area contributed by atoms with Crippen molar-refractivity contribution in [3.05, 3.63) is 65.6 Å². The quantitative estimate of drug-likeness (QED) is 0.424. The van der Waals surface area contributed by atoms with Crippen LogP contribution in [0.2, 0.25) is 0 Å². The van der Waals surface area contributed by atoms with Gasteiger partial charge in [-0.1, -0.05) is 12.1 Å². The summed E-state index contributed by atoms with van der Waals surface area (Å²) < 4.78 is 36.0. The summed E-state index contributed by atoms with van der Waals surface area (Å²) in [6.45, 7) is 7.71. The number of aromatic nitrogens is 1. The van der Waals surface area contributed by atoms with Crippen LogP contribution in [-0.2, 0) is 21.1 Å². The lowest BCUT2D eigenvalue weighted by atomic mass is 10.1. The monoisotopic (exact) mass is 524 g/mol. The first-order valence-electron chi connectivity index (χ1n) is 11.5. The van der Waals surface area contributed by atoms with E-state index < -0.39 is 9.84 Å². The van der Waals surface area contributed by atoms with Gasteiger partial charge in [0, 0.05) is 36.3 Å². The van der Waals surface area contributed by atoms with Gasteiger partial charge in [-0.05, 0) is 57.0 Å². The minimum Gasteiger partial charge on any atom is -0.495 e. The molecule has 0 unspecified atom stereocenters. The molecule has 3 rings (SSSR count). The molecule has 0 fully saturated rings. The van der Waals surface area contributed by atoms with Crippen molar-refractivity contribution < 1.29 is 22.7 Å². The number of benzene rings is 2. The van der Waals surface area contributed by atoms with E-state index >= 15 is 0 Å². The average Bonchev–Trinajstić information content (AvgIpc) is 2.81. The van der Waals surface area contributed by atoms with Gasteiger partial charge in [-0.2, -0.15) is 0 Å². The Morgan fingerprint density at radius 1 is 1.14 bits per heavy atom. The van der Waals surface area contributed by atoms with Gasteiger partial charge in [0.15, 0.2) is 9.84 Å². The molecule has 0 aliphatic heterocycles. The lowest BCUT2D eigenvalue weighted by molar-refractivity contribution is -0.119. The van der Waals surface area contributed by atoms with E-state index in [1.807, 2.05) is 33.8 Å². The molecule has 0 saturated carbocycles. The van der Waals surface area contributed by atoms with Crippen molar-refractivity contribution in [2.45, 2.75) is 44.6 Å². The van der Waals surface area contributed by atoms with Crippen LogP contribution in [0.25, 0.3) is 10.9 Å². The third kappa shape index (κ3) is 7.29. The number of fused-ring (bicyclic) bond motifs is 1. The maximum atomic E-state index is 12.5. The molecule has 3 aromatic rings. The van der Waals surface area contributed by atoms with Crippen LogP contribution < -0.4 is 20.5 Å². The lowest BCUT2D eigenvalue weighted by Crippen LogP contribution is -2.26. The van der Waals surface area contributed by atoms with Crippen molar-refractivity contribution in [1.82, 2.24) is 10.3 Å². The fourth-order valence-electron chi connectivity index (χ4n) is 3.49. The number of pyridine rings is 1. The second-order valence-electron chi connectivity index (χ2n) is 9.58. The first-order chi connectivity index (χ1) is 17.3. The third-order valence-electron chi connectivity index (χ3n) is 5.26. The zero-order chi connectivity index (χ0) is 27.4. The Balaban J connectivity index is 1.82. The molecule has 2 aromatic carbocycles. The molecular weight excluding hydrogens is 492 g/mol. The van der Waals surface area contributed by atoms with E-state index in [9.17, 15) is 13.2 Å². The third-order valence-corrected chi connectivity index (χ3v) is 6.38. The molecular formula is C27H32N4O5S. The van der Waals surface area contributed by atoms with Gasteiger partial charge in [-0.3, -0.25) is 14.8 Å². The first kappa shape index (κ1) is 27.7. The van der Waals surface area contributed by atoms with Crippen molar-refractivity contribution >= 4 is 32.9 Å². The minimum atomic E-state index is -3.54. The van der Waals surface area contributed by atoms with Crippen LogP contribution in [0.4, 0.5) is 0 Å². The highest BCUT2D eigenvalue weighted by Crippen LogP contribution is 2.36. The number of hydrogen-bond donors (Lipinski definition) is 2. The zero-order valence-corrected chi connectivity index (χ0v) is 22.6. The van der Waals surface area contributed by atoms with Gasteiger partial charge in [0.2, 0.25) is 5.91 Å². The molecule has 1 heterocycles. The van der Waals surface area contributed by atoms with Gasteiger partial charge >= 0.3 is 0 Å². The number of hydrogen-bond acceptors (Lipinski definition) is 8. The van der Waals surface area contributed by atoms with Crippen molar-refractivity contribution in [2.75, 3.05) is 13.4 Å². The minimum absolute atomic E-state index is 0.0527. The maximum absolute atomic E-state index is 12.5. The first-order valence-corrected chi connectivity index (χ1v) is 13.4. The number of carbonyl (C=O) groups excluding carboxylic acids is 1. The zero-order valence-electron chi connectivity index (χ0n) is 21.8. The van der Waals surface area contributed by atoms with E-state index in [2.05, 4.69) is 15.3 Å². The van der Waals surface area contributed by atoms with Gasteiger partial charge in [-0.25, -0.2) is 8.42 Å². The van der Waals surface area contributed by atoms with Crippen LogP contribution in [-0.4, -0.2) is 44.4 Å². The van der Waals surface area contributed by atoms with Crippen molar-refractivity contribution in [2.24, 2.45) is 10.7 Å². The van der Waals surface area contributed by atoms with E-state index in [-0.39, 0.29) is 28.5 Å². The van der Waals surface area contributed by atoms with Crippen LogP contribution in [0.1, 0.15) is 31.9 Å². The summed E-state index contributed by atoms with van der Waals surface area (Å²) in [7, 11) is -2.13. The Morgan fingerprint density at radius 3 is 2.46 bits per heavy atom. The smallest absolute Gasteiger partial charge is 0.228 e. The summed E-state index contributed by atoms with van der Waals surface area (Å²) in [4.78, 5) is 21.3. The number of nitrogens with one attached hydrogen (secondary N) is 1. The standard InChI is InChI=1S/C27H32N4O5S/c1-17-11-18(12-26(32)31-19(15-28)16-30-27(2,3)4)7-8-22(17)36-23-9-10-29-21-14-24(35-5)25(13-20(21)23)37(6,33)34/h7-11,13-16H,12,28H2,1-6H3,(H,31,32)/b19-15+,30-16?. The molecule has 3 N–H and O–H groups in total. The Hall–Kier alpha value is -3.92. The molecule has 0 atom stereocenters. The molecule has 1 amide bonds. The number of rotatable bonds is 8. The summed E-state index contributed by atoms with van der Waals surface area (Å²) in [6, 6.07) is 10.2. The Labute approximate surface area is 217 Å². The highest BCUT2D eigenvalue weighted by molar-refractivity contribution is 7.90. The molecule has 1 aromatic heterocycles. The van der Waals surface area contributed by atoms with Crippen molar-refractivity contribution in [3.63, 3.8) is 0 Å². The van der Waals surface area contributed by atoms with Gasteiger partial charge < -0.3 is 20.5 Å². The van der Waals surface area contributed by atoms with Crippen LogP contribution in [0.15, 0.2) is 64.4 Å². The van der Waals surface area contributed by atoms with E-state index in [0.717, 1.165) is 17.4 Å². The summed E-state index contributed by atoms with van der Waals surface area (Å²) in [5.74, 6) is 0.999. The number of nitrogens with two attached hydrogens (primary N) is 1. The molecule has 196 valence electrons. The van der Waals surface area contributed by atoms with Gasteiger partial charge in [0.05, 0.1) is 30.3 Å². The lowest BCUT2D eigenvalue weighted by Gasteiger charge is -2.14. The van der Waals surface area contributed by atoms with Crippen molar-refractivity contribution in [3.8, 4) is 17.2 Å². The molecule has 0 aliphatic carbocycles. The van der Waals surface area contributed by atoms with Gasteiger partial charge in [0.1, 0.15) is 22.1 Å². The topological polar surface area (TPSA) is 133 Å². The number of ether oxygens (including phenoxy) is 2. The van der Waals surface area contributed by atoms with Gasteiger partial charge in [-0.15, -0.1) is 0 Å². The van der Waals surface area contributed by atoms with E-state index in [0.29, 0.717) is 28.1 Å². The fourth-order valence-corrected chi connectivity index (χ4v) is 4.33. The summed E-state index contributed by atoms with van der Waals surface area (Å²) >= 11 is 0. The van der Waals surface area contributed by atoms with E-state index in [4.69, 9.17) is 15.2 Å². The van der Waals surface area contributed by atoms with Crippen LogP contribution in [0.5, 0.6) is 17.2 Å². The summed E-state index contributed by atoms with van der Waals surface area (Å²) in [5, 5.41) is 3.29. The highest BCUT2D eigenvalue weighted by atomic mass is 32.2. The molecule has 10 heteroatoms. The summed E-state index contributed by atoms with van der Waals surface area (Å²) in [5.41, 5.74) is 7.88. The summed E-state index contributed by atoms with van der Waals surface area (Å²) in [6.07, 6.45) is 5.69. The number of methoxy groups -OCH3 is 1. The fraction of sp³-hybridized carbons (Fsp3) is 0.296. The normalized spacial score (nSPS) is 12.6. The number of carbonyl (C=O) groups is 1. The van der Waals surface area contributed by atoms with Crippen molar-refractivity contribution in [1.29, 1.82) is 0 Å². The second kappa shape index (κ2) is 11.0. The number of sulfone groups is 1. The highest BCUT2D eigenvalue weighted by Gasteiger charge is 2.18. The Bertz CT molecular complexity index is 1490. The number of allylic oxidation sites excluding steroid dienone is 1. The largest absolute Gasteiger partial charge is 0.495 e. The Kier molecular flexibility index (Phi) is 8.22. The Morgan fingerprint density at radius 2 is 1.86 bits per heavy atom. The SMILES string of the molecule is COc1cc2nccc(Oc3ccc(CC(=O)N/C(C=NC(C)(C)C)=C/N)cc3C)c2cc1S(C)(=O)=O.